The maximum Gasteiger partial charge on any atom is 0.150 e. The van der Waals surface area contributed by atoms with Crippen LogP contribution in [0.2, 0.25) is 0 Å². The van der Waals surface area contributed by atoms with E-state index in [0.717, 1.165) is 11.4 Å². The molecule has 1 unspecified atom stereocenters. The van der Waals surface area contributed by atoms with Crippen LogP contribution < -0.4 is 11.1 Å². The molecular formula is C8H13N3O2S2. The van der Waals surface area contributed by atoms with Gasteiger partial charge in [-0.25, -0.2) is 8.42 Å². The lowest BCUT2D eigenvalue weighted by Gasteiger charge is -2.07. The zero-order chi connectivity index (χ0) is 10.9. The number of nitrogens with two attached hydrogens (primary N) is 1. The number of rotatable bonds is 3. The summed E-state index contributed by atoms with van der Waals surface area (Å²) in [5.41, 5.74) is 5.47. The molecule has 84 valence electrons. The lowest BCUT2D eigenvalue weighted by molar-refractivity contribution is 0.596. The molecule has 1 aromatic heterocycles. The molecule has 2 rings (SSSR count). The van der Waals surface area contributed by atoms with Gasteiger partial charge in [-0.2, -0.15) is 4.37 Å². The van der Waals surface area contributed by atoms with Gasteiger partial charge >= 0.3 is 0 Å². The number of nitrogens with zero attached hydrogens (tertiary/aromatic N) is 1. The summed E-state index contributed by atoms with van der Waals surface area (Å²) in [6, 6.07) is 1.76. The first kappa shape index (κ1) is 10.7. The van der Waals surface area contributed by atoms with Crippen molar-refractivity contribution >= 4 is 32.2 Å². The molecule has 0 spiro atoms. The highest BCUT2D eigenvalue weighted by Gasteiger charge is 2.27. The molecule has 0 aliphatic carbocycles. The zero-order valence-electron chi connectivity index (χ0n) is 8.14. The van der Waals surface area contributed by atoms with E-state index in [1.54, 1.807) is 6.07 Å². The highest BCUT2D eigenvalue weighted by molar-refractivity contribution is 7.91. The van der Waals surface area contributed by atoms with Crippen molar-refractivity contribution in [2.24, 2.45) is 5.92 Å². The standard InChI is InChI=1S/C8H13N3O2S2/c9-7-3-8(14-11-7)10-4-6-1-2-15(12,13)5-6/h3,6,10H,1-2,4-5H2,(H2,9,11). The van der Waals surface area contributed by atoms with Gasteiger partial charge in [-0.3, -0.25) is 0 Å². The van der Waals surface area contributed by atoms with Crippen molar-refractivity contribution in [2.45, 2.75) is 6.42 Å². The molecule has 5 nitrogen and oxygen atoms in total. The highest BCUT2D eigenvalue weighted by Crippen LogP contribution is 2.21. The summed E-state index contributed by atoms with van der Waals surface area (Å²) in [5, 5.41) is 4.06. The maximum atomic E-state index is 11.2. The molecule has 1 aromatic rings. The number of anilines is 2. The van der Waals surface area contributed by atoms with E-state index in [0.29, 0.717) is 23.9 Å². The fourth-order valence-corrected chi connectivity index (χ4v) is 4.09. The summed E-state index contributed by atoms with van der Waals surface area (Å²) in [6.07, 6.45) is 0.754. The van der Waals surface area contributed by atoms with Crippen molar-refractivity contribution < 1.29 is 8.42 Å². The first-order valence-corrected chi connectivity index (χ1v) is 7.31. The minimum atomic E-state index is -2.77. The second kappa shape index (κ2) is 3.97. The van der Waals surface area contributed by atoms with E-state index >= 15 is 0 Å². The third kappa shape index (κ3) is 2.82. The summed E-state index contributed by atoms with van der Waals surface area (Å²) in [4.78, 5) is 0. The Kier molecular flexibility index (Phi) is 2.83. The van der Waals surface area contributed by atoms with Crippen molar-refractivity contribution in [2.75, 3.05) is 29.1 Å². The van der Waals surface area contributed by atoms with Gasteiger partial charge in [-0.05, 0) is 23.9 Å². The summed E-state index contributed by atoms with van der Waals surface area (Å²) in [7, 11) is -2.77. The third-order valence-corrected chi connectivity index (χ3v) is 5.02. The van der Waals surface area contributed by atoms with Gasteiger partial charge in [0.15, 0.2) is 9.84 Å². The van der Waals surface area contributed by atoms with Crippen LogP contribution in [0.3, 0.4) is 0 Å². The van der Waals surface area contributed by atoms with Crippen LogP contribution in [-0.4, -0.2) is 30.8 Å². The van der Waals surface area contributed by atoms with Gasteiger partial charge in [0.1, 0.15) is 10.8 Å². The van der Waals surface area contributed by atoms with E-state index in [9.17, 15) is 8.42 Å². The Morgan fingerprint density at radius 1 is 1.67 bits per heavy atom. The molecular weight excluding hydrogens is 234 g/mol. The van der Waals surface area contributed by atoms with Crippen molar-refractivity contribution in [1.29, 1.82) is 0 Å². The highest BCUT2D eigenvalue weighted by atomic mass is 32.2. The van der Waals surface area contributed by atoms with E-state index in [4.69, 9.17) is 5.73 Å². The Morgan fingerprint density at radius 2 is 2.47 bits per heavy atom. The van der Waals surface area contributed by atoms with Crippen LogP contribution in [-0.2, 0) is 9.84 Å². The SMILES string of the molecule is Nc1cc(NCC2CCS(=O)(=O)C2)sn1. The predicted octanol–water partition coefficient (Wildman–Crippen LogP) is 0.572. The molecule has 1 fully saturated rings. The molecule has 1 atom stereocenters. The first-order valence-electron chi connectivity index (χ1n) is 4.72. The Morgan fingerprint density at radius 3 is 3.00 bits per heavy atom. The lowest BCUT2D eigenvalue weighted by atomic mass is 10.1. The van der Waals surface area contributed by atoms with Crippen LogP contribution in [0.1, 0.15) is 6.42 Å². The van der Waals surface area contributed by atoms with Crippen molar-refractivity contribution in [3.05, 3.63) is 6.07 Å². The number of hydrogen-bond donors (Lipinski definition) is 2. The van der Waals surface area contributed by atoms with Crippen LogP contribution in [0.25, 0.3) is 0 Å². The second-order valence-corrected chi connectivity index (χ2v) is 6.80. The van der Waals surface area contributed by atoms with Gasteiger partial charge in [-0.1, -0.05) is 0 Å². The number of nitrogen functional groups attached to an aromatic ring is 1. The second-order valence-electron chi connectivity index (χ2n) is 3.77. The van der Waals surface area contributed by atoms with E-state index in [-0.39, 0.29) is 5.92 Å². The van der Waals surface area contributed by atoms with E-state index in [1.165, 1.54) is 11.5 Å². The normalized spacial score (nSPS) is 24.1. The first-order chi connectivity index (χ1) is 7.05. The van der Waals surface area contributed by atoms with Gasteiger partial charge in [0.25, 0.3) is 0 Å². The molecule has 0 radical (unpaired) electrons. The average molecular weight is 247 g/mol. The van der Waals surface area contributed by atoms with Crippen LogP contribution in [0.15, 0.2) is 6.07 Å². The van der Waals surface area contributed by atoms with Crippen LogP contribution in [0.4, 0.5) is 10.8 Å². The van der Waals surface area contributed by atoms with Crippen LogP contribution in [0, 0.1) is 5.92 Å². The number of aromatic nitrogens is 1. The van der Waals surface area contributed by atoms with E-state index in [2.05, 4.69) is 9.69 Å². The van der Waals surface area contributed by atoms with E-state index < -0.39 is 9.84 Å². The van der Waals surface area contributed by atoms with Crippen LogP contribution in [0.5, 0.6) is 0 Å². The Bertz CT molecular complexity index is 440. The molecule has 2 heterocycles. The number of nitrogens with one attached hydrogen (secondary N) is 1. The molecule has 1 aliphatic rings. The fraction of sp³-hybridized carbons (Fsp3) is 0.625. The average Bonchev–Trinajstić information content (AvgIpc) is 2.69. The molecule has 0 aromatic carbocycles. The zero-order valence-corrected chi connectivity index (χ0v) is 9.77. The Labute approximate surface area is 92.8 Å². The van der Waals surface area contributed by atoms with Crippen LogP contribution >= 0.6 is 11.5 Å². The van der Waals surface area contributed by atoms with Gasteiger partial charge in [-0.15, -0.1) is 0 Å². The molecule has 0 saturated carbocycles. The minimum Gasteiger partial charge on any atom is -0.383 e. The summed E-state index contributed by atoms with van der Waals surface area (Å²) < 4.78 is 26.3. The molecule has 7 heteroatoms. The van der Waals surface area contributed by atoms with Gasteiger partial charge < -0.3 is 11.1 Å². The third-order valence-electron chi connectivity index (χ3n) is 2.42. The molecule has 1 saturated heterocycles. The van der Waals surface area contributed by atoms with Gasteiger partial charge in [0.2, 0.25) is 0 Å². The van der Waals surface area contributed by atoms with Gasteiger partial charge in [0, 0.05) is 12.6 Å². The summed E-state index contributed by atoms with van der Waals surface area (Å²) in [5.74, 6) is 1.35. The number of sulfone groups is 1. The lowest BCUT2D eigenvalue weighted by Crippen LogP contribution is -2.14. The van der Waals surface area contributed by atoms with E-state index in [1.807, 2.05) is 0 Å². The maximum absolute atomic E-state index is 11.2. The fourth-order valence-electron chi connectivity index (χ4n) is 1.65. The number of hydrogen-bond acceptors (Lipinski definition) is 6. The molecule has 3 N–H and O–H groups in total. The molecule has 0 amide bonds. The molecule has 0 bridgehead atoms. The quantitative estimate of drug-likeness (QED) is 0.815. The molecule has 15 heavy (non-hydrogen) atoms. The smallest absolute Gasteiger partial charge is 0.150 e. The largest absolute Gasteiger partial charge is 0.383 e. The van der Waals surface area contributed by atoms with Crippen molar-refractivity contribution in [1.82, 2.24) is 4.37 Å². The van der Waals surface area contributed by atoms with Crippen molar-refractivity contribution in [3.63, 3.8) is 0 Å². The monoisotopic (exact) mass is 247 g/mol. The predicted molar refractivity (Wildman–Crippen MR) is 61.8 cm³/mol. The van der Waals surface area contributed by atoms with Crippen molar-refractivity contribution in [3.8, 4) is 0 Å². The van der Waals surface area contributed by atoms with Gasteiger partial charge in [0.05, 0.1) is 11.5 Å². The summed E-state index contributed by atoms with van der Waals surface area (Å²) >= 11 is 1.30. The summed E-state index contributed by atoms with van der Waals surface area (Å²) in [6.45, 7) is 0.681. The topological polar surface area (TPSA) is 85.1 Å². The Balaban J connectivity index is 1.85. The molecule has 1 aliphatic heterocycles. The minimum absolute atomic E-state index is 0.221. The Hall–Kier alpha value is -0.820.